The summed E-state index contributed by atoms with van der Waals surface area (Å²) in [5, 5.41) is 14.0. The van der Waals surface area contributed by atoms with Crippen LogP contribution in [0.5, 0.6) is 0 Å². The number of aliphatic hydroxyl groups excluding tert-OH is 1. The first-order valence-corrected chi connectivity index (χ1v) is 6.27. The number of rotatable bonds is 4. The van der Waals surface area contributed by atoms with Crippen LogP contribution in [0, 0.1) is 18.8 Å². The monoisotopic (exact) mass is 274 g/mol. The molecule has 0 saturated heterocycles. The minimum Gasteiger partial charge on any atom is -0.384 e. The predicted molar refractivity (Wildman–Crippen MR) is 76.2 cm³/mol. The first-order valence-electron chi connectivity index (χ1n) is 6.27. The van der Waals surface area contributed by atoms with Gasteiger partial charge in [0, 0.05) is 31.1 Å². The van der Waals surface area contributed by atoms with Crippen LogP contribution >= 0.6 is 0 Å². The van der Waals surface area contributed by atoms with Crippen LogP contribution in [0.4, 0.5) is 0 Å². The molecule has 0 spiro atoms. The van der Waals surface area contributed by atoms with Crippen molar-refractivity contribution in [2.75, 3.05) is 19.7 Å². The second-order valence-corrected chi connectivity index (χ2v) is 4.29. The van der Waals surface area contributed by atoms with Crippen molar-refractivity contribution in [1.82, 2.24) is 10.6 Å². The molecular formula is C15H18N2O3. The lowest BCUT2D eigenvalue weighted by molar-refractivity contribution is -0.118. The molecule has 0 heterocycles. The van der Waals surface area contributed by atoms with E-state index in [1.54, 1.807) is 12.1 Å². The molecule has 0 bridgehead atoms. The minimum absolute atomic E-state index is 0.128. The van der Waals surface area contributed by atoms with Crippen LogP contribution in [0.3, 0.4) is 0 Å². The molecule has 0 aliphatic carbocycles. The van der Waals surface area contributed by atoms with Gasteiger partial charge in [0.2, 0.25) is 5.91 Å². The summed E-state index contributed by atoms with van der Waals surface area (Å²) in [6.07, 6.45) is 0. The lowest BCUT2D eigenvalue weighted by Gasteiger charge is -2.07. The first-order chi connectivity index (χ1) is 9.52. The van der Waals surface area contributed by atoms with Gasteiger partial charge in [-0.05, 0) is 30.7 Å². The number of hydrogen-bond donors (Lipinski definition) is 3. The van der Waals surface area contributed by atoms with Gasteiger partial charge in [0.1, 0.15) is 6.61 Å². The number of amides is 2. The Morgan fingerprint density at radius 2 is 1.90 bits per heavy atom. The Labute approximate surface area is 118 Å². The molecule has 0 aliphatic heterocycles. The molecule has 0 aromatic heterocycles. The summed E-state index contributed by atoms with van der Waals surface area (Å²) >= 11 is 0. The largest absolute Gasteiger partial charge is 0.384 e. The average Bonchev–Trinajstić information content (AvgIpc) is 2.40. The number of aliphatic hydroxyl groups is 1. The van der Waals surface area contributed by atoms with E-state index in [2.05, 4.69) is 22.5 Å². The van der Waals surface area contributed by atoms with Gasteiger partial charge < -0.3 is 15.7 Å². The summed E-state index contributed by atoms with van der Waals surface area (Å²) in [6.45, 7) is 3.84. The summed E-state index contributed by atoms with van der Waals surface area (Å²) < 4.78 is 0. The molecule has 3 N–H and O–H groups in total. The highest BCUT2D eigenvalue weighted by Crippen LogP contribution is 2.08. The van der Waals surface area contributed by atoms with Crippen LogP contribution in [0.2, 0.25) is 0 Å². The summed E-state index contributed by atoms with van der Waals surface area (Å²) in [6, 6.07) is 5.28. The SMILES string of the molecule is CC(=O)NCCNC(=O)c1cc(C)cc(C#CCO)c1. The Kier molecular flexibility index (Phi) is 6.27. The number of carbonyl (C=O) groups excluding carboxylic acids is 2. The van der Waals surface area contributed by atoms with E-state index >= 15 is 0 Å². The summed E-state index contributed by atoms with van der Waals surface area (Å²) in [7, 11) is 0. The number of benzene rings is 1. The molecule has 0 unspecified atom stereocenters. The van der Waals surface area contributed by atoms with Gasteiger partial charge >= 0.3 is 0 Å². The zero-order valence-corrected chi connectivity index (χ0v) is 11.6. The van der Waals surface area contributed by atoms with E-state index in [1.165, 1.54) is 6.92 Å². The molecule has 0 aliphatic rings. The van der Waals surface area contributed by atoms with Crippen molar-refractivity contribution in [3.63, 3.8) is 0 Å². The zero-order chi connectivity index (χ0) is 15.0. The van der Waals surface area contributed by atoms with Crippen molar-refractivity contribution in [2.24, 2.45) is 0 Å². The predicted octanol–water partition coefficient (Wildman–Crippen LogP) is 0.205. The lowest BCUT2D eigenvalue weighted by atomic mass is 10.1. The Bertz CT molecular complexity index is 556. The van der Waals surface area contributed by atoms with Gasteiger partial charge in [0.05, 0.1) is 0 Å². The number of carbonyl (C=O) groups is 2. The molecule has 1 aromatic rings. The molecule has 1 rings (SSSR count). The Balaban J connectivity index is 2.67. The number of hydrogen-bond acceptors (Lipinski definition) is 3. The van der Waals surface area contributed by atoms with Gasteiger partial charge in [-0.25, -0.2) is 0 Å². The van der Waals surface area contributed by atoms with Crippen molar-refractivity contribution in [3.8, 4) is 11.8 Å². The Morgan fingerprint density at radius 1 is 1.20 bits per heavy atom. The average molecular weight is 274 g/mol. The molecule has 106 valence electrons. The quantitative estimate of drug-likeness (QED) is 0.542. The van der Waals surface area contributed by atoms with Crippen LogP contribution in [0.15, 0.2) is 18.2 Å². The molecule has 5 nitrogen and oxygen atoms in total. The fraction of sp³-hybridized carbons (Fsp3) is 0.333. The minimum atomic E-state index is -0.217. The summed E-state index contributed by atoms with van der Waals surface area (Å²) in [5.74, 6) is 4.98. The van der Waals surface area contributed by atoms with Gasteiger partial charge in [-0.2, -0.15) is 0 Å². The molecule has 1 aromatic carbocycles. The topological polar surface area (TPSA) is 78.4 Å². The molecule has 20 heavy (non-hydrogen) atoms. The van der Waals surface area contributed by atoms with Crippen LogP contribution in [-0.2, 0) is 4.79 Å². The molecule has 2 amide bonds. The molecule has 0 fully saturated rings. The Hall–Kier alpha value is -2.32. The fourth-order valence-electron chi connectivity index (χ4n) is 1.64. The summed E-state index contributed by atoms with van der Waals surface area (Å²) in [5.41, 5.74) is 2.11. The van der Waals surface area contributed by atoms with E-state index in [0.29, 0.717) is 24.2 Å². The van der Waals surface area contributed by atoms with Crippen LogP contribution in [0.25, 0.3) is 0 Å². The van der Waals surface area contributed by atoms with E-state index in [9.17, 15) is 9.59 Å². The van der Waals surface area contributed by atoms with E-state index in [4.69, 9.17) is 5.11 Å². The molecule has 0 saturated carbocycles. The van der Waals surface area contributed by atoms with Crippen LogP contribution in [0.1, 0.15) is 28.4 Å². The van der Waals surface area contributed by atoms with E-state index in [0.717, 1.165) is 5.56 Å². The van der Waals surface area contributed by atoms with E-state index in [1.807, 2.05) is 13.0 Å². The number of aryl methyl sites for hydroxylation is 1. The normalized spacial score (nSPS) is 9.35. The summed E-state index contributed by atoms with van der Waals surface area (Å²) in [4.78, 5) is 22.6. The third kappa shape index (κ3) is 5.55. The first kappa shape index (κ1) is 15.7. The third-order valence-corrected chi connectivity index (χ3v) is 2.44. The highest BCUT2D eigenvalue weighted by molar-refractivity contribution is 5.94. The van der Waals surface area contributed by atoms with Crippen LogP contribution < -0.4 is 10.6 Å². The molecule has 0 atom stereocenters. The maximum Gasteiger partial charge on any atom is 0.251 e. The van der Waals surface area contributed by atoms with Crippen molar-refractivity contribution >= 4 is 11.8 Å². The fourth-order valence-corrected chi connectivity index (χ4v) is 1.64. The molecule has 5 heteroatoms. The van der Waals surface area contributed by atoms with Gasteiger partial charge in [-0.1, -0.05) is 11.8 Å². The van der Waals surface area contributed by atoms with Crippen LogP contribution in [-0.4, -0.2) is 36.6 Å². The second kappa shape index (κ2) is 7.97. The van der Waals surface area contributed by atoms with Crippen molar-refractivity contribution < 1.29 is 14.7 Å². The van der Waals surface area contributed by atoms with E-state index < -0.39 is 0 Å². The maximum absolute atomic E-state index is 11.9. The van der Waals surface area contributed by atoms with E-state index in [-0.39, 0.29) is 18.4 Å². The highest BCUT2D eigenvalue weighted by atomic mass is 16.2. The van der Waals surface area contributed by atoms with Crippen molar-refractivity contribution in [1.29, 1.82) is 0 Å². The number of nitrogens with one attached hydrogen (secondary N) is 2. The van der Waals surface area contributed by atoms with Gasteiger partial charge in [-0.15, -0.1) is 0 Å². The zero-order valence-electron chi connectivity index (χ0n) is 11.6. The Morgan fingerprint density at radius 3 is 2.55 bits per heavy atom. The molecular weight excluding hydrogens is 256 g/mol. The van der Waals surface area contributed by atoms with Crippen molar-refractivity contribution in [3.05, 3.63) is 34.9 Å². The third-order valence-electron chi connectivity index (χ3n) is 2.44. The molecule has 0 radical (unpaired) electrons. The smallest absolute Gasteiger partial charge is 0.251 e. The standard InChI is InChI=1S/C15H18N2O3/c1-11-8-13(4-3-7-18)10-14(9-11)15(20)17-6-5-16-12(2)19/h8-10,18H,5-7H2,1-2H3,(H,16,19)(H,17,20). The van der Waals surface area contributed by atoms with Gasteiger partial charge in [0.25, 0.3) is 5.91 Å². The van der Waals surface area contributed by atoms with Crippen molar-refractivity contribution in [2.45, 2.75) is 13.8 Å². The highest BCUT2D eigenvalue weighted by Gasteiger charge is 2.06. The van der Waals surface area contributed by atoms with Gasteiger partial charge in [0.15, 0.2) is 0 Å². The lowest BCUT2D eigenvalue weighted by Crippen LogP contribution is -2.33. The maximum atomic E-state index is 11.9. The second-order valence-electron chi connectivity index (χ2n) is 4.29. The van der Waals surface area contributed by atoms with Gasteiger partial charge in [-0.3, -0.25) is 9.59 Å².